The Balaban J connectivity index is 1.35. The summed E-state index contributed by atoms with van der Waals surface area (Å²) in [7, 11) is 1.61. The van der Waals surface area contributed by atoms with E-state index in [-0.39, 0.29) is 17.9 Å². The van der Waals surface area contributed by atoms with E-state index in [1.165, 1.54) is 9.38 Å². The van der Waals surface area contributed by atoms with Gasteiger partial charge >= 0.3 is 0 Å². The molecule has 142 valence electrons. The number of benzene rings is 2. The number of thiazole rings is 1. The summed E-state index contributed by atoms with van der Waals surface area (Å²) in [5.74, 6) is -0.0967. The van der Waals surface area contributed by atoms with E-state index in [1.807, 2.05) is 36.4 Å². The largest absolute Gasteiger partial charge is 0.356 e. The van der Waals surface area contributed by atoms with Crippen molar-refractivity contribution in [2.24, 2.45) is 7.05 Å². The van der Waals surface area contributed by atoms with Crippen LogP contribution in [-0.2, 0) is 24.7 Å². The number of carbonyl (C=O) groups is 1. The first-order valence-corrected chi connectivity index (χ1v) is 9.99. The number of hydrogen-bond acceptors (Lipinski definition) is 5. The number of para-hydroxylation sites is 1. The van der Waals surface area contributed by atoms with Gasteiger partial charge < -0.3 is 5.32 Å². The Labute approximate surface area is 165 Å². The average Bonchev–Trinajstić information content (AvgIpc) is 3.12. The minimum Gasteiger partial charge on any atom is -0.356 e. The van der Waals surface area contributed by atoms with Crippen LogP contribution in [0.25, 0.3) is 21.0 Å². The van der Waals surface area contributed by atoms with Crippen LogP contribution < -0.4 is 10.9 Å². The molecule has 4 aromatic rings. The van der Waals surface area contributed by atoms with Gasteiger partial charge in [0.2, 0.25) is 5.91 Å². The normalized spacial score (nSPS) is 11.2. The molecule has 2 heterocycles. The molecule has 0 aliphatic rings. The van der Waals surface area contributed by atoms with Crippen molar-refractivity contribution in [3.63, 3.8) is 0 Å². The molecule has 0 spiro atoms. The minimum absolute atomic E-state index is 0.0967. The van der Waals surface area contributed by atoms with Crippen molar-refractivity contribution < 1.29 is 4.79 Å². The predicted octanol–water partition coefficient (Wildman–Crippen LogP) is 2.83. The monoisotopic (exact) mass is 392 g/mol. The first kappa shape index (κ1) is 18.3. The maximum Gasteiger partial charge on any atom is 0.274 e. The van der Waals surface area contributed by atoms with E-state index in [2.05, 4.69) is 21.5 Å². The summed E-state index contributed by atoms with van der Waals surface area (Å²) < 4.78 is 2.48. The molecule has 0 saturated heterocycles. The molecule has 0 radical (unpaired) electrons. The number of aromatic nitrogens is 3. The molecule has 0 unspecified atom stereocenters. The van der Waals surface area contributed by atoms with E-state index in [4.69, 9.17) is 0 Å². The molecule has 1 N–H and O–H groups in total. The van der Waals surface area contributed by atoms with Crippen molar-refractivity contribution in [2.75, 3.05) is 6.54 Å². The average molecular weight is 392 g/mol. The number of fused-ring (bicyclic) bond motifs is 2. The summed E-state index contributed by atoms with van der Waals surface area (Å²) in [6.07, 6.45) is 1.81. The molecule has 0 aliphatic heterocycles. The Morgan fingerprint density at radius 2 is 1.86 bits per heavy atom. The van der Waals surface area contributed by atoms with Gasteiger partial charge in [-0.25, -0.2) is 9.67 Å². The fourth-order valence-electron chi connectivity index (χ4n) is 3.22. The lowest BCUT2D eigenvalue weighted by Gasteiger charge is -2.08. The van der Waals surface area contributed by atoms with Crippen molar-refractivity contribution in [3.8, 4) is 0 Å². The Bertz CT molecular complexity index is 1180. The molecule has 0 aliphatic carbocycles. The first-order chi connectivity index (χ1) is 13.6. The predicted molar refractivity (Wildman–Crippen MR) is 112 cm³/mol. The second-order valence-corrected chi connectivity index (χ2v) is 7.74. The number of amides is 1. The minimum atomic E-state index is -0.157. The van der Waals surface area contributed by atoms with Gasteiger partial charge in [-0.1, -0.05) is 30.3 Å². The highest BCUT2D eigenvalue weighted by molar-refractivity contribution is 7.18. The molecule has 0 fully saturated rings. The molecule has 2 aromatic heterocycles. The van der Waals surface area contributed by atoms with Crippen molar-refractivity contribution in [1.82, 2.24) is 20.1 Å². The maximum absolute atomic E-state index is 12.4. The van der Waals surface area contributed by atoms with Crippen LogP contribution in [0.1, 0.15) is 17.1 Å². The molecular formula is C21H20N4O2S. The Kier molecular flexibility index (Phi) is 5.16. The van der Waals surface area contributed by atoms with Gasteiger partial charge in [0.15, 0.2) is 0 Å². The zero-order valence-electron chi connectivity index (χ0n) is 15.5. The van der Waals surface area contributed by atoms with Gasteiger partial charge in [-0.2, -0.15) is 5.10 Å². The van der Waals surface area contributed by atoms with Crippen LogP contribution in [0.5, 0.6) is 0 Å². The van der Waals surface area contributed by atoms with Gasteiger partial charge in [0.25, 0.3) is 5.56 Å². The van der Waals surface area contributed by atoms with Gasteiger partial charge in [0.05, 0.1) is 32.7 Å². The molecule has 2 aromatic carbocycles. The van der Waals surface area contributed by atoms with Crippen molar-refractivity contribution in [3.05, 3.63) is 69.6 Å². The number of aryl methyl sites for hydroxylation is 2. The molecule has 1 amide bonds. The first-order valence-electron chi connectivity index (χ1n) is 9.18. The van der Waals surface area contributed by atoms with Gasteiger partial charge in [0, 0.05) is 25.4 Å². The SMILES string of the molecule is Cn1nc(CC(=O)NCCCc2nc3ccccc3s2)c2ccccc2c1=O. The van der Waals surface area contributed by atoms with Crippen LogP contribution in [0.4, 0.5) is 0 Å². The molecule has 28 heavy (non-hydrogen) atoms. The lowest BCUT2D eigenvalue weighted by atomic mass is 10.1. The lowest BCUT2D eigenvalue weighted by Crippen LogP contribution is -2.28. The van der Waals surface area contributed by atoms with Crippen molar-refractivity contribution >= 4 is 38.2 Å². The molecule has 0 atom stereocenters. The van der Waals surface area contributed by atoms with Gasteiger partial charge in [-0.05, 0) is 24.6 Å². The number of carbonyl (C=O) groups excluding carboxylic acids is 1. The van der Waals surface area contributed by atoms with E-state index < -0.39 is 0 Å². The van der Waals surface area contributed by atoms with E-state index in [9.17, 15) is 9.59 Å². The number of hydrogen-bond donors (Lipinski definition) is 1. The summed E-state index contributed by atoms with van der Waals surface area (Å²) >= 11 is 1.70. The summed E-state index contributed by atoms with van der Waals surface area (Å²) in [5, 5.41) is 9.62. The number of nitrogens with zero attached hydrogens (tertiary/aromatic N) is 3. The summed E-state index contributed by atoms with van der Waals surface area (Å²) in [5.41, 5.74) is 1.48. The van der Waals surface area contributed by atoms with Crippen LogP contribution >= 0.6 is 11.3 Å². The van der Waals surface area contributed by atoms with Gasteiger partial charge in [-0.15, -0.1) is 11.3 Å². The highest BCUT2D eigenvalue weighted by Crippen LogP contribution is 2.22. The van der Waals surface area contributed by atoms with Crippen LogP contribution in [0.15, 0.2) is 53.3 Å². The zero-order valence-corrected chi connectivity index (χ0v) is 16.3. The van der Waals surface area contributed by atoms with Crippen LogP contribution in [0.3, 0.4) is 0 Å². The zero-order chi connectivity index (χ0) is 19.5. The number of rotatable bonds is 6. The van der Waals surface area contributed by atoms with Crippen molar-refractivity contribution in [2.45, 2.75) is 19.3 Å². The lowest BCUT2D eigenvalue weighted by molar-refractivity contribution is -0.120. The molecule has 6 nitrogen and oxygen atoms in total. The topological polar surface area (TPSA) is 76.9 Å². The van der Waals surface area contributed by atoms with Crippen LogP contribution in [-0.4, -0.2) is 27.2 Å². The van der Waals surface area contributed by atoms with E-state index >= 15 is 0 Å². The Morgan fingerprint density at radius 1 is 1.11 bits per heavy atom. The second-order valence-electron chi connectivity index (χ2n) is 6.63. The third-order valence-electron chi connectivity index (χ3n) is 4.59. The summed E-state index contributed by atoms with van der Waals surface area (Å²) in [4.78, 5) is 29.1. The molecule has 7 heteroatoms. The van der Waals surface area contributed by atoms with Crippen LogP contribution in [0.2, 0.25) is 0 Å². The van der Waals surface area contributed by atoms with Crippen molar-refractivity contribution in [1.29, 1.82) is 0 Å². The maximum atomic E-state index is 12.4. The quantitative estimate of drug-likeness (QED) is 0.512. The molecule has 0 bridgehead atoms. The second kappa shape index (κ2) is 7.90. The van der Waals surface area contributed by atoms with E-state index in [0.29, 0.717) is 17.6 Å². The number of nitrogens with one attached hydrogen (secondary N) is 1. The smallest absolute Gasteiger partial charge is 0.274 e. The third-order valence-corrected chi connectivity index (χ3v) is 5.68. The Morgan fingerprint density at radius 3 is 2.68 bits per heavy atom. The standard InChI is InChI=1S/C21H20N4O2S/c1-25-21(27)15-8-3-2-7-14(15)17(24-25)13-19(26)22-12-6-11-20-23-16-9-4-5-10-18(16)28-20/h2-5,7-10H,6,11-13H2,1H3,(H,22,26). The van der Waals surface area contributed by atoms with E-state index in [1.54, 1.807) is 24.5 Å². The highest BCUT2D eigenvalue weighted by Gasteiger charge is 2.12. The van der Waals surface area contributed by atoms with E-state index in [0.717, 1.165) is 28.8 Å². The fourth-order valence-corrected chi connectivity index (χ4v) is 4.22. The molecular weight excluding hydrogens is 372 g/mol. The summed E-state index contributed by atoms with van der Waals surface area (Å²) in [6, 6.07) is 15.4. The third kappa shape index (κ3) is 3.80. The molecule has 0 saturated carbocycles. The highest BCUT2D eigenvalue weighted by atomic mass is 32.1. The fraction of sp³-hybridized carbons (Fsp3) is 0.238. The Hall–Kier alpha value is -3.06. The van der Waals surface area contributed by atoms with Crippen LogP contribution in [0, 0.1) is 0 Å². The molecule has 4 rings (SSSR count). The summed E-state index contributed by atoms with van der Waals surface area (Å²) in [6.45, 7) is 0.582. The van der Waals surface area contributed by atoms with Gasteiger partial charge in [0.1, 0.15) is 0 Å². The van der Waals surface area contributed by atoms with Gasteiger partial charge in [-0.3, -0.25) is 9.59 Å².